The summed E-state index contributed by atoms with van der Waals surface area (Å²) in [6, 6.07) is 4.58. The van der Waals surface area contributed by atoms with E-state index >= 15 is 0 Å². The zero-order chi connectivity index (χ0) is 13.1. The number of hydrogen-bond acceptors (Lipinski definition) is 3. The van der Waals surface area contributed by atoms with E-state index in [9.17, 15) is 5.26 Å². The van der Waals surface area contributed by atoms with Gasteiger partial charge >= 0.3 is 0 Å². The molecule has 1 aromatic rings. The second-order valence-electron chi connectivity index (χ2n) is 5.48. The molecule has 0 radical (unpaired) electrons. The minimum Gasteiger partial charge on any atom is -0.366 e. The first-order valence-corrected chi connectivity index (χ1v) is 6.75. The Hall–Kier alpha value is -1.56. The molecule has 0 bridgehead atoms. The number of hydrogen-bond donors (Lipinski definition) is 1. The fourth-order valence-corrected chi connectivity index (χ4v) is 2.77. The monoisotopic (exact) mass is 243 g/mol. The molecule has 3 heteroatoms. The summed E-state index contributed by atoms with van der Waals surface area (Å²) in [5.74, 6) is 2.13. The molecular weight excluding hydrogens is 222 g/mol. The van der Waals surface area contributed by atoms with Gasteiger partial charge in [-0.3, -0.25) is 0 Å². The number of anilines is 1. The maximum absolute atomic E-state index is 9.22. The van der Waals surface area contributed by atoms with E-state index < -0.39 is 0 Å². The molecule has 1 aliphatic rings. The minimum atomic E-state index is 0.440. The lowest BCUT2D eigenvalue weighted by Crippen LogP contribution is -2.35. The van der Waals surface area contributed by atoms with Crippen molar-refractivity contribution >= 4 is 5.82 Å². The summed E-state index contributed by atoms with van der Waals surface area (Å²) < 4.78 is 0. The van der Waals surface area contributed by atoms with Crippen molar-refractivity contribution in [3.63, 3.8) is 0 Å². The van der Waals surface area contributed by atoms with Crippen LogP contribution in [-0.4, -0.2) is 11.0 Å². The molecule has 1 N–H and O–H groups in total. The van der Waals surface area contributed by atoms with Gasteiger partial charge in [-0.1, -0.05) is 26.7 Å². The average Bonchev–Trinajstić information content (AvgIpc) is 2.35. The second kappa shape index (κ2) is 5.39. The number of nitrogens with one attached hydrogen (secondary N) is 1. The van der Waals surface area contributed by atoms with Crippen molar-refractivity contribution in [2.24, 2.45) is 11.8 Å². The Bertz CT molecular complexity index is 461. The molecule has 0 aromatic carbocycles. The normalized spacial score (nSPS) is 27.6. The molecule has 18 heavy (non-hydrogen) atoms. The van der Waals surface area contributed by atoms with Gasteiger partial charge in [0.2, 0.25) is 0 Å². The van der Waals surface area contributed by atoms with Crippen molar-refractivity contribution in [2.45, 2.75) is 46.1 Å². The average molecular weight is 243 g/mol. The van der Waals surface area contributed by atoms with Crippen LogP contribution in [0.5, 0.6) is 0 Å². The topological polar surface area (TPSA) is 48.7 Å². The lowest BCUT2D eigenvalue weighted by atomic mass is 9.78. The molecule has 1 aliphatic carbocycles. The van der Waals surface area contributed by atoms with Crippen LogP contribution in [0.25, 0.3) is 0 Å². The summed E-state index contributed by atoms with van der Waals surface area (Å²) in [5.41, 5.74) is 1.68. The molecule has 0 spiro atoms. The largest absolute Gasteiger partial charge is 0.366 e. The maximum atomic E-state index is 9.22. The first-order chi connectivity index (χ1) is 8.63. The molecule has 3 nitrogen and oxygen atoms in total. The predicted molar refractivity (Wildman–Crippen MR) is 73.3 cm³/mol. The summed E-state index contributed by atoms with van der Waals surface area (Å²) in [5, 5.41) is 12.7. The van der Waals surface area contributed by atoms with Gasteiger partial charge in [-0.25, -0.2) is 4.98 Å². The SMILES string of the molecule is Cc1ccnc(NC2CCCC(C)C2C)c1C#N. The Morgan fingerprint density at radius 2 is 2.17 bits per heavy atom. The predicted octanol–water partition coefficient (Wildman–Crippen LogP) is 3.50. The van der Waals surface area contributed by atoms with Gasteiger partial charge in [0.1, 0.15) is 11.9 Å². The van der Waals surface area contributed by atoms with Crippen LogP contribution in [0.1, 0.15) is 44.2 Å². The van der Waals surface area contributed by atoms with Gasteiger partial charge in [0.05, 0.1) is 5.56 Å². The van der Waals surface area contributed by atoms with Crippen LogP contribution in [0.4, 0.5) is 5.82 Å². The summed E-state index contributed by atoms with van der Waals surface area (Å²) >= 11 is 0. The summed E-state index contributed by atoms with van der Waals surface area (Å²) in [6.07, 6.45) is 5.52. The minimum absolute atomic E-state index is 0.440. The number of nitrogens with zero attached hydrogens (tertiary/aromatic N) is 2. The molecule has 3 atom stereocenters. The second-order valence-corrected chi connectivity index (χ2v) is 5.48. The van der Waals surface area contributed by atoms with E-state index in [1.807, 2.05) is 13.0 Å². The Morgan fingerprint density at radius 1 is 1.39 bits per heavy atom. The van der Waals surface area contributed by atoms with Gasteiger partial charge in [-0.15, -0.1) is 0 Å². The van der Waals surface area contributed by atoms with Crippen molar-refractivity contribution in [3.05, 3.63) is 23.4 Å². The maximum Gasteiger partial charge on any atom is 0.144 e. The molecule has 0 amide bonds. The van der Waals surface area contributed by atoms with Crippen LogP contribution in [0.15, 0.2) is 12.3 Å². The Balaban J connectivity index is 2.19. The molecule has 1 aromatic heterocycles. The lowest BCUT2D eigenvalue weighted by Gasteiger charge is -2.35. The molecule has 1 fully saturated rings. The zero-order valence-electron chi connectivity index (χ0n) is 11.4. The zero-order valence-corrected chi connectivity index (χ0v) is 11.4. The number of aromatic nitrogens is 1. The summed E-state index contributed by atoms with van der Waals surface area (Å²) in [4.78, 5) is 4.33. The van der Waals surface area contributed by atoms with Gasteiger partial charge in [-0.05, 0) is 36.8 Å². The van der Waals surface area contributed by atoms with Crippen LogP contribution >= 0.6 is 0 Å². The highest BCUT2D eigenvalue weighted by atomic mass is 15.0. The van der Waals surface area contributed by atoms with Crippen LogP contribution in [0.2, 0.25) is 0 Å². The molecule has 2 rings (SSSR count). The van der Waals surface area contributed by atoms with Crippen molar-refractivity contribution in [3.8, 4) is 6.07 Å². The van der Waals surface area contributed by atoms with E-state index in [0.29, 0.717) is 17.5 Å². The van der Waals surface area contributed by atoms with E-state index in [1.54, 1.807) is 6.20 Å². The van der Waals surface area contributed by atoms with Crippen LogP contribution in [0, 0.1) is 30.1 Å². The first-order valence-electron chi connectivity index (χ1n) is 6.75. The number of aryl methyl sites for hydroxylation is 1. The third-order valence-electron chi connectivity index (χ3n) is 4.30. The fraction of sp³-hybridized carbons (Fsp3) is 0.600. The van der Waals surface area contributed by atoms with Gasteiger partial charge < -0.3 is 5.32 Å². The number of rotatable bonds is 2. The quantitative estimate of drug-likeness (QED) is 0.864. The summed E-state index contributed by atoms with van der Waals surface area (Å²) in [7, 11) is 0. The third kappa shape index (κ3) is 2.48. The van der Waals surface area contributed by atoms with Crippen LogP contribution < -0.4 is 5.32 Å². The van der Waals surface area contributed by atoms with Crippen molar-refractivity contribution in [1.82, 2.24) is 4.98 Å². The molecular formula is C15H21N3. The highest BCUT2D eigenvalue weighted by molar-refractivity contribution is 5.55. The highest BCUT2D eigenvalue weighted by Crippen LogP contribution is 2.32. The van der Waals surface area contributed by atoms with Crippen molar-refractivity contribution < 1.29 is 0 Å². The molecule has 0 aliphatic heterocycles. The molecule has 96 valence electrons. The third-order valence-corrected chi connectivity index (χ3v) is 4.30. The standard InChI is InChI=1S/C15H21N3/c1-10-5-4-6-14(12(10)3)18-15-13(9-16)11(2)7-8-17-15/h7-8,10,12,14H,4-6H2,1-3H3,(H,17,18). The van der Waals surface area contributed by atoms with Gasteiger partial charge in [0.25, 0.3) is 0 Å². The smallest absolute Gasteiger partial charge is 0.144 e. The van der Waals surface area contributed by atoms with Crippen molar-refractivity contribution in [2.75, 3.05) is 5.32 Å². The number of nitriles is 1. The molecule has 0 saturated heterocycles. The molecule has 3 unspecified atom stereocenters. The first kappa shape index (κ1) is 12.9. The van der Waals surface area contributed by atoms with Crippen LogP contribution in [0.3, 0.4) is 0 Å². The Kier molecular flexibility index (Phi) is 3.86. The van der Waals surface area contributed by atoms with Gasteiger partial charge in [-0.2, -0.15) is 5.26 Å². The lowest BCUT2D eigenvalue weighted by molar-refractivity contribution is 0.253. The van der Waals surface area contributed by atoms with E-state index in [1.165, 1.54) is 19.3 Å². The fourth-order valence-electron chi connectivity index (χ4n) is 2.77. The highest BCUT2D eigenvalue weighted by Gasteiger charge is 2.27. The molecule has 1 saturated carbocycles. The van der Waals surface area contributed by atoms with E-state index in [4.69, 9.17) is 0 Å². The number of pyridine rings is 1. The molecule has 1 heterocycles. The van der Waals surface area contributed by atoms with Gasteiger partial charge in [0.15, 0.2) is 0 Å². The van der Waals surface area contributed by atoms with Crippen molar-refractivity contribution in [1.29, 1.82) is 5.26 Å². The summed E-state index contributed by atoms with van der Waals surface area (Å²) in [6.45, 7) is 6.56. The van der Waals surface area contributed by atoms with E-state index in [-0.39, 0.29) is 0 Å². The Labute approximate surface area is 109 Å². The van der Waals surface area contributed by atoms with Crippen LogP contribution in [-0.2, 0) is 0 Å². The Morgan fingerprint density at radius 3 is 2.89 bits per heavy atom. The van der Waals surface area contributed by atoms with Gasteiger partial charge in [0, 0.05) is 12.2 Å². The van der Waals surface area contributed by atoms with E-state index in [0.717, 1.165) is 17.3 Å². The van der Waals surface area contributed by atoms with E-state index in [2.05, 4.69) is 30.2 Å².